The Balaban J connectivity index is 2.27. The lowest BCUT2D eigenvalue weighted by Gasteiger charge is -2.07. The minimum Gasteiger partial charge on any atom is -0.331 e. The third kappa shape index (κ3) is 2.49. The fourth-order valence-electron chi connectivity index (χ4n) is 1.30. The van der Waals surface area contributed by atoms with Crippen LogP contribution in [-0.2, 0) is 0 Å². The number of hydrogen-bond acceptors (Lipinski definition) is 3. The first-order valence-corrected chi connectivity index (χ1v) is 5.86. The topological polar surface area (TPSA) is 24.9 Å². The SMILES string of the molecule is Cc1ccc(C)c(Nc2nc(Cl)cs2)c1. The van der Waals surface area contributed by atoms with Crippen LogP contribution in [0.4, 0.5) is 10.8 Å². The van der Waals surface area contributed by atoms with Gasteiger partial charge in [-0.05, 0) is 31.0 Å². The molecule has 2 rings (SSSR count). The molecular weight excluding hydrogens is 228 g/mol. The molecule has 0 fully saturated rings. The summed E-state index contributed by atoms with van der Waals surface area (Å²) in [5, 5.41) is 6.43. The van der Waals surface area contributed by atoms with E-state index in [4.69, 9.17) is 11.6 Å². The summed E-state index contributed by atoms with van der Waals surface area (Å²) in [7, 11) is 0. The van der Waals surface area contributed by atoms with Crippen LogP contribution in [0.3, 0.4) is 0 Å². The Bertz CT molecular complexity index is 479. The molecule has 0 radical (unpaired) electrons. The quantitative estimate of drug-likeness (QED) is 0.850. The predicted octanol–water partition coefficient (Wildman–Crippen LogP) is 4.16. The zero-order chi connectivity index (χ0) is 10.8. The van der Waals surface area contributed by atoms with Gasteiger partial charge in [-0.25, -0.2) is 4.98 Å². The first kappa shape index (κ1) is 10.5. The molecule has 78 valence electrons. The van der Waals surface area contributed by atoms with Gasteiger partial charge in [0.1, 0.15) is 5.15 Å². The van der Waals surface area contributed by atoms with E-state index in [-0.39, 0.29) is 0 Å². The van der Waals surface area contributed by atoms with Gasteiger partial charge in [0, 0.05) is 11.1 Å². The van der Waals surface area contributed by atoms with Crippen molar-refractivity contribution >= 4 is 33.8 Å². The fourth-order valence-corrected chi connectivity index (χ4v) is 2.15. The van der Waals surface area contributed by atoms with E-state index in [9.17, 15) is 0 Å². The Labute approximate surface area is 97.9 Å². The van der Waals surface area contributed by atoms with Crippen LogP contribution in [0.15, 0.2) is 23.6 Å². The summed E-state index contributed by atoms with van der Waals surface area (Å²) >= 11 is 7.26. The fraction of sp³-hybridized carbons (Fsp3) is 0.182. The van der Waals surface area contributed by atoms with Crippen molar-refractivity contribution in [3.05, 3.63) is 39.9 Å². The smallest absolute Gasteiger partial charge is 0.188 e. The Kier molecular flexibility index (Phi) is 2.93. The molecule has 1 heterocycles. The van der Waals surface area contributed by atoms with E-state index in [1.54, 1.807) is 0 Å². The lowest BCUT2D eigenvalue weighted by molar-refractivity contribution is 1.34. The van der Waals surface area contributed by atoms with Crippen molar-refractivity contribution in [3.8, 4) is 0 Å². The van der Waals surface area contributed by atoms with Gasteiger partial charge in [-0.2, -0.15) is 0 Å². The highest BCUT2D eigenvalue weighted by Crippen LogP contribution is 2.25. The summed E-state index contributed by atoms with van der Waals surface area (Å²) in [5.41, 5.74) is 3.51. The van der Waals surface area contributed by atoms with E-state index in [2.05, 4.69) is 42.3 Å². The largest absolute Gasteiger partial charge is 0.331 e. The second-order valence-corrected chi connectivity index (χ2v) is 4.66. The van der Waals surface area contributed by atoms with Crippen LogP contribution in [-0.4, -0.2) is 4.98 Å². The number of aromatic nitrogens is 1. The van der Waals surface area contributed by atoms with E-state index >= 15 is 0 Å². The van der Waals surface area contributed by atoms with Crippen LogP contribution in [0.5, 0.6) is 0 Å². The first-order valence-electron chi connectivity index (χ1n) is 4.60. The van der Waals surface area contributed by atoms with Crippen LogP contribution in [0.25, 0.3) is 0 Å². The molecule has 15 heavy (non-hydrogen) atoms. The van der Waals surface area contributed by atoms with Crippen molar-refractivity contribution in [2.24, 2.45) is 0 Å². The number of benzene rings is 1. The maximum atomic E-state index is 5.76. The van der Waals surface area contributed by atoms with E-state index in [1.165, 1.54) is 22.5 Å². The van der Waals surface area contributed by atoms with E-state index < -0.39 is 0 Å². The summed E-state index contributed by atoms with van der Waals surface area (Å²) in [4.78, 5) is 4.15. The maximum Gasteiger partial charge on any atom is 0.188 e. The molecule has 0 spiro atoms. The molecule has 0 unspecified atom stereocenters. The molecule has 0 bridgehead atoms. The number of thiazole rings is 1. The third-order valence-electron chi connectivity index (χ3n) is 2.11. The molecule has 1 aromatic heterocycles. The normalized spacial score (nSPS) is 10.3. The highest BCUT2D eigenvalue weighted by molar-refractivity contribution is 7.14. The van der Waals surface area contributed by atoms with Gasteiger partial charge < -0.3 is 5.32 Å². The number of aryl methyl sites for hydroxylation is 2. The van der Waals surface area contributed by atoms with E-state index in [0.29, 0.717) is 5.15 Å². The Morgan fingerprint density at radius 2 is 2.13 bits per heavy atom. The molecule has 0 saturated carbocycles. The highest BCUT2D eigenvalue weighted by atomic mass is 35.5. The maximum absolute atomic E-state index is 5.76. The van der Waals surface area contributed by atoms with Crippen molar-refractivity contribution in [3.63, 3.8) is 0 Å². The van der Waals surface area contributed by atoms with Crippen LogP contribution in [0, 0.1) is 13.8 Å². The van der Waals surface area contributed by atoms with Gasteiger partial charge in [-0.1, -0.05) is 23.7 Å². The van der Waals surface area contributed by atoms with Gasteiger partial charge in [0.15, 0.2) is 5.13 Å². The molecule has 2 aromatic rings. The molecule has 1 aromatic carbocycles. The second kappa shape index (κ2) is 4.21. The van der Waals surface area contributed by atoms with Gasteiger partial charge in [0.25, 0.3) is 0 Å². The van der Waals surface area contributed by atoms with Crippen molar-refractivity contribution in [1.29, 1.82) is 0 Å². The zero-order valence-corrected chi connectivity index (χ0v) is 10.1. The van der Waals surface area contributed by atoms with Crippen molar-refractivity contribution in [2.45, 2.75) is 13.8 Å². The minimum absolute atomic E-state index is 0.535. The summed E-state index contributed by atoms with van der Waals surface area (Å²) in [6.07, 6.45) is 0. The number of anilines is 2. The molecule has 0 atom stereocenters. The van der Waals surface area contributed by atoms with Crippen molar-refractivity contribution in [2.75, 3.05) is 5.32 Å². The summed E-state index contributed by atoms with van der Waals surface area (Å²) < 4.78 is 0. The summed E-state index contributed by atoms with van der Waals surface area (Å²) in [6, 6.07) is 6.28. The van der Waals surface area contributed by atoms with Crippen LogP contribution >= 0.6 is 22.9 Å². The number of hydrogen-bond donors (Lipinski definition) is 1. The molecule has 1 N–H and O–H groups in total. The van der Waals surface area contributed by atoms with Gasteiger partial charge in [-0.3, -0.25) is 0 Å². The molecule has 0 aliphatic rings. The Morgan fingerprint density at radius 1 is 1.33 bits per heavy atom. The molecule has 0 amide bonds. The first-order chi connectivity index (χ1) is 7.15. The predicted molar refractivity (Wildman–Crippen MR) is 66.3 cm³/mol. The lowest BCUT2D eigenvalue weighted by Crippen LogP contribution is -1.92. The number of halogens is 1. The molecule has 4 heteroatoms. The van der Waals surface area contributed by atoms with Crippen LogP contribution in [0.1, 0.15) is 11.1 Å². The van der Waals surface area contributed by atoms with Gasteiger partial charge >= 0.3 is 0 Å². The average Bonchev–Trinajstić information content (AvgIpc) is 2.58. The Hall–Kier alpha value is -1.06. The van der Waals surface area contributed by atoms with Gasteiger partial charge in [0.05, 0.1) is 0 Å². The van der Waals surface area contributed by atoms with Crippen LogP contribution in [0.2, 0.25) is 5.15 Å². The third-order valence-corrected chi connectivity index (χ3v) is 3.19. The summed E-state index contributed by atoms with van der Waals surface area (Å²) in [5.74, 6) is 0. The van der Waals surface area contributed by atoms with Gasteiger partial charge in [0.2, 0.25) is 0 Å². The Morgan fingerprint density at radius 3 is 2.80 bits per heavy atom. The second-order valence-electron chi connectivity index (χ2n) is 3.42. The lowest BCUT2D eigenvalue weighted by atomic mass is 10.1. The highest BCUT2D eigenvalue weighted by Gasteiger charge is 2.02. The monoisotopic (exact) mass is 238 g/mol. The number of nitrogens with one attached hydrogen (secondary N) is 1. The average molecular weight is 239 g/mol. The molecule has 2 nitrogen and oxygen atoms in total. The number of nitrogens with zero attached hydrogens (tertiary/aromatic N) is 1. The standard InChI is InChI=1S/C11H11ClN2S/c1-7-3-4-8(2)9(5-7)13-11-14-10(12)6-15-11/h3-6H,1-2H3,(H,13,14). The molecule has 0 saturated heterocycles. The van der Waals surface area contributed by atoms with E-state index in [1.807, 2.05) is 5.38 Å². The zero-order valence-electron chi connectivity index (χ0n) is 8.54. The minimum atomic E-state index is 0.535. The van der Waals surface area contributed by atoms with Crippen molar-refractivity contribution in [1.82, 2.24) is 4.98 Å². The van der Waals surface area contributed by atoms with E-state index in [0.717, 1.165) is 10.8 Å². The van der Waals surface area contributed by atoms with Crippen molar-refractivity contribution < 1.29 is 0 Å². The molecule has 0 aliphatic carbocycles. The molecular formula is C11H11ClN2S. The van der Waals surface area contributed by atoms with Crippen LogP contribution < -0.4 is 5.32 Å². The van der Waals surface area contributed by atoms with Gasteiger partial charge in [-0.15, -0.1) is 11.3 Å². The summed E-state index contributed by atoms with van der Waals surface area (Å²) in [6.45, 7) is 4.14. The number of rotatable bonds is 2. The molecule has 0 aliphatic heterocycles.